The van der Waals surface area contributed by atoms with E-state index in [2.05, 4.69) is 4.90 Å². The van der Waals surface area contributed by atoms with E-state index >= 15 is 0 Å². The van der Waals surface area contributed by atoms with Gasteiger partial charge in [-0.2, -0.15) is 0 Å². The minimum absolute atomic E-state index is 0.0152. The minimum atomic E-state index is -0.489. The third-order valence-corrected chi connectivity index (χ3v) is 6.97. The Morgan fingerprint density at radius 2 is 1.97 bits per heavy atom. The molecule has 0 spiro atoms. The molecule has 2 fully saturated rings. The van der Waals surface area contributed by atoms with E-state index in [1.54, 1.807) is 10.5 Å². The average Bonchev–Trinajstić information content (AvgIpc) is 3.28. The molecule has 1 amide bonds. The predicted molar refractivity (Wildman–Crippen MR) is 118 cm³/mol. The van der Waals surface area contributed by atoms with E-state index in [0.717, 1.165) is 55.1 Å². The fraction of sp³-hybridized carbons (Fsp3) is 0.682. The van der Waals surface area contributed by atoms with Crippen LogP contribution in [0.4, 0.5) is 4.79 Å². The quantitative estimate of drug-likeness (QED) is 0.738. The number of piperidine rings is 1. The molecule has 4 heterocycles. The molecule has 0 saturated carbocycles. The Labute approximate surface area is 181 Å². The van der Waals surface area contributed by atoms with Crippen LogP contribution in [-0.2, 0) is 11.3 Å². The number of aromatic nitrogens is 2. The number of hydrogen-bond donors (Lipinski definition) is 0. The zero-order valence-electron chi connectivity index (χ0n) is 18.4. The minimum Gasteiger partial charge on any atom is -0.444 e. The molecule has 0 radical (unpaired) electrons. The van der Waals surface area contributed by atoms with E-state index < -0.39 is 5.60 Å². The first-order valence-corrected chi connectivity index (χ1v) is 11.8. The molecule has 2 aromatic rings. The van der Waals surface area contributed by atoms with Crippen LogP contribution in [-0.4, -0.2) is 56.1 Å². The first kappa shape index (κ1) is 21.3. The first-order valence-electron chi connectivity index (χ1n) is 10.9. The van der Waals surface area contributed by atoms with Crippen molar-refractivity contribution >= 4 is 22.4 Å². The lowest BCUT2D eigenvalue weighted by Crippen LogP contribution is -2.53. The molecule has 0 N–H and O–H groups in total. The molecule has 2 aliphatic rings. The van der Waals surface area contributed by atoms with Gasteiger partial charge in [-0.15, -0.1) is 11.3 Å². The molecule has 164 valence electrons. The third kappa shape index (κ3) is 4.39. The Kier molecular flexibility index (Phi) is 5.90. The zero-order chi connectivity index (χ0) is 21.5. The van der Waals surface area contributed by atoms with Gasteiger partial charge in [0.1, 0.15) is 5.60 Å². The van der Waals surface area contributed by atoms with Crippen LogP contribution in [0.5, 0.6) is 0 Å². The van der Waals surface area contributed by atoms with Gasteiger partial charge in [0.25, 0.3) is 5.56 Å². The van der Waals surface area contributed by atoms with Crippen molar-refractivity contribution in [2.75, 3.05) is 13.1 Å². The van der Waals surface area contributed by atoms with E-state index in [1.165, 1.54) is 17.8 Å². The molecule has 30 heavy (non-hydrogen) atoms. The summed E-state index contributed by atoms with van der Waals surface area (Å²) in [5.74, 6) is 0. The van der Waals surface area contributed by atoms with Crippen LogP contribution in [0.15, 0.2) is 16.2 Å². The molecule has 2 atom stereocenters. The maximum absolute atomic E-state index is 12.8. The number of ether oxygens (including phenoxy) is 1. The largest absolute Gasteiger partial charge is 0.444 e. The molecular formula is C22H32N4O3S. The molecular weight excluding hydrogens is 400 g/mol. The summed E-state index contributed by atoms with van der Waals surface area (Å²) in [6.45, 7) is 10.0. The van der Waals surface area contributed by atoms with E-state index in [9.17, 15) is 9.59 Å². The van der Waals surface area contributed by atoms with E-state index in [4.69, 9.17) is 9.72 Å². The molecule has 0 aliphatic carbocycles. The van der Waals surface area contributed by atoms with Gasteiger partial charge in [0.2, 0.25) is 0 Å². The maximum Gasteiger partial charge on any atom is 0.410 e. The lowest BCUT2D eigenvalue weighted by molar-refractivity contribution is 0.00627. The number of nitrogens with zero attached hydrogens (tertiary/aromatic N) is 4. The van der Waals surface area contributed by atoms with Gasteiger partial charge in [0, 0.05) is 36.3 Å². The van der Waals surface area contributed by atoms with Crippen molar-refractivity contribution in [1.82, 2.24) is 19.2 Å². The van der Waals surface area contributed by atoms with Crippen LogP contribution in [0.25, 0.3) is 4.96 Å². The molecule has 4 rings (SSSR count). The zero-order valence-corrected chi connectivity index (χ0v) is 19.2. The van der Waals surface area contributed by atoms with Gasteiger partial charge in [0.05, 0.1) is 11.7 Å². The second kappa shape index (κ2) is 8.30. The summed E-state index contributed by atoms with van der Waals surface area (Å²) in [7, 11) is 0. The van der Waals surface area contributed by atoms with Gasteiger partial charge in [-0.3, -0.25) is 14.1 Å². The van der Waals surface area contributed by atoms with Gasteiger partial charge < -0.3 is 9.64 Å². The fourth-order valence-electron chi connectivity index (χ4n) is 4.78. The lowest BCUT2D eigenvalue weighted by Gasteiger charge is -2.42. The fourth-order valence-corrected chi connectivity index (χ4v) is 5.67. The topological polar surface area (TPSA) is 67.2 Å². The van der Waals surface area contributed by atoms with E-state index in [1.807, 2.05) is 38.0 Å². The SMILES string of the molecule is Cc1csc2nc(CN3CCCC[C@@H]3[C@@H]3CCCN3C(=O)OC(C)(C)C)cc(=O)n12. The molecule has 2 aromatic heterocycles. The molecule has 2 aliphatic heterocycles. The van der Waals surface area contributed by atoms with Crippen LogP contribution in [0.3, 0.4) is 0 Å². The predicted octanol–water partition coefficient (Wildman–Crippen LogP) is 3.82. The Hall–Kier alpha value is -1.93. The normalized spacial score (nSPS) is 23.3. The van der Waals surface area contributed by atoms with Crippen LogP contribution >= 0.6 is 11.3 Å². The number of hydrogen-bond acceptors (Lipinski definition) is 6. The van der Waals surface area contributed by atoms with Gasteiger partial charge in [-0.05, 0) is 59.9 Å². The maximum atomic E-state index is 12.8. The summed E-state index contributed by atoms with van der Waals surface area (Å²) >= 11 is 1.50. The van der Waals surface area contributed by atoms with E-state index in [0.29, 0.717) is 6.54 Å². The van der Waals surface area contributed by atoms with Gasteiger partial charge in [-0.25, -0.2) is 9.78 Å². The summed E-state index contributed by atoms with van der Waals surface area (Å²) in [5.41, 5.74) is 1.24. The van der Waals surface area contributed by atoms with Crippen molar-refractivity contribution in [3.05, 3.63) is 33.2 Å². The summed E-state index contributed by atoms with van der Waals surface area (Å²) in [6, 6.07) is 2.10. The van der Waals surface area contributed by atoms with Gasteiger partial charge in [0.15, 0.2) is 4.96 Å². The van der Waals surface area contributed by atoms with Crippen LogP contribution in [0.2, 0.25) is 0 Å². The Balaban J connectivity index is 1.54. The standard InChI is InChI=1S/C22H32N4O3S/c1-15-14-30-20-23-16(12-19(27)26(15)20)13-24-10-6-5-8-17(24)18-9-7-11-25(18)21(28)29-22(2,3)4/h12,14,17-18H,5-11,13H2,1-4H3/t17-,18+/m1/s1. The summed E-state index contributed by atoms with van der Waals surface area (Å²) in [4.78, 5) is 35.2. The molecule has 0 bridgehead atoms. The van der Waals surface area contributed by atoms with Gasteiger partial charge in [-0.1, -0.05) is 6.42 Å². The lowest BCUT2D eigenvalue weighted by atomic mass is 9.93. The van der Waals surface area contributed by atoms with Crippen molar-refractivity contribution < 1.29 is 9.53 Å². The number of aryl methyl sites for hydroxylation is 1. The number of rotatable bonds is 3. The van der Waals surface area contributed by atoms with Gasteiger partial charge >= 0.3 is 6.09 Å². The smallest absolute Gasteiger partial charge is 0.410 e. The first-order chi connectivity index (χ1) is 14.2. The van der Waals surface area contributed by atoms with E-state index in [-0.39, 0.29) is 23.7 Å². The average molecular weight is 433 g/mol. The van der Waals surface area contributed by atoms with Crippen molar-refractivity contribution in [2.45, 2.75) is 84.0 Å². The van der Waals surface area contributed by atoms with Crippen molar-refractivity contribution in [3.63, 3.8) is 0 Å². The number of fused-ring (bicyclic) bond motifs is 1. The molecule has 7 nitrogen and oxygen atoms in total. The second-order valence-corrected chi connectivity index (χ2v) is 10.3. The number of likely N-dealkylation sites (tertiary alicyclic amines) is 2. The second-order valence-electron chi connectivity index (χ2n) is 9.50. The molecule has 0 unspecified atom stereocenters. The highest BCUT2D eigenvalue weighted by Gasteiger charge is 2.40. The summed E-state index contributed by atoms with van der Waals surface area (Å²) < 4.78 is 7.35. The highest BCUT2D eigenvalue weighted by atomic mass is 32.1. The van der Waals surface area contributed by atoms with Crippen LogP contribution < -0.4 is 5.56 Å². The Bertz CT molecular complexity index is 977. The highest BCUT2D eigenvalue weighted by molar-refractivity contribution is 7.15. The van der Waals surface area contributed by atoms with Crippen molar-refractivity contribution in [1.29, 1.82) is 0 Å². The van der Waals surface area contributed by atoms with Crippen molar-refractivity contribution in [2.24, 2.45) is 0 Å². The van der Waals surface area contributed by atoms with Crippen LogP contribution in [0.1, 0.15) is 64.3 Å². The molecule has 0 aromatic carbocycles. The summed E-state index contributed by atoms with van der Waals surface area (Å²) in [5, 5.41) is 1.97. The van der Waals surface area contributed by atoms with Crippen molar-refractivity contribution in [3.8, 4) is 0 Å². The monoisotopic (exact) mass is 432 g/mol. The number of carbonyl (C=O) groups is 1. The van der Waals surface area contributed by atoms with Crippen LogP contribution in [0, 0.1) is 6.92 Å². The number of amides is 1. The Morgan fingerprint density at radius 1 is 1.20 bits per heavy atom. The summed E-state index contributed by atoms with van der Waals surface area (Å²) in [6.07, 6.45) is 5.16. The molecule has 8 heteroatoms. The third-order valence-electron chi connectivity index (χ3n) is 6.03. The number of carbonyl (C=O) groups excluding carboxylic acids is 1. The Morgan fingerprint density at radius 3 is 2.73 bits per heavy atom. The highest BCUT2D eigenvalue weighted by Crippen LogP contribution is 2.31. The number of thiazole rings is 1. The molecule has 2 saturated heterocycles.